The third kappa shape index (κ3) is 3.41. The Morgan fingerprint density at radius 1 is 1.25 bits per heavy atom. The average molecular weight is 269 g/mol. The monoisotopic (exact) mass is 269 g/mol. The minimum Gasteiger partial charge on any atom is -0.497 e. The zero-order valence-corrected chi connectivity index (χ0v) is 11.3. The summed E-state index contributed by atoms with van der Waals surface area (Å²) in [6.45, 7) is 1.79. The maximum absolute atomic E-state index is 12.0. The van der Waals surface area contributed by atoms with Gasteiger partial charge in [-0.15, -0.1) is 0 Å². The van der Waals surface area contributed by atoms with Gasteiger partial charge in [-0.2, -0.15) is 5.10 Å². The van der Waals surface area contributed by atoms with E-state index in [0.717, 1.165) is 5.69 Å². The molecule has 0 aliphatic rings. The fourth-order valence-corrected chi connectivity index (χ4v) is 1.60. The molecule has 5 nitrogen and oxygen atoms in total. The lowest BCUT2D eigenvalue weighted by Gasteiger charge is -2.04. The first-order valence-corrected chi connectivity index (χ1v) is 6.11. The molecule has 2 rings (SSSR count). The molecule has 0 saturated carbocycles. The van der Waals surface area contributed by atoms with Gasteiger partial charge in [-0.3, -0.25) is 9.78 Å². The van der Waals surface area contributed by atoms with E-state index in [-0.39, 0.29) is 5.91 Å². The minimum atomic E-state index is -0.292. The van der Waals surface area contributed by atoms with Gasteiger partial charge in [0.25, 0.3) is 5.91 Å². The van der Waals surface area contributed by atoms with Crippen molar-refractivity contribution in [3.63, 3.8) is 0 Å². The highest BCUT2D eigenvalue weighted by Gasteiger charge is 2.06. The lowest BCUT2D eigenvalue weighted by atomic mass is 10.2. The van der Waals surface area contributed by atoms with Crippen LogP contribution in [0.15, 0.2) is 53.8 Å². The van der Waals surface area contributed by atoms with E-state index in [1.807, 2.05) is 18.2 Å². The molecule has 0 bridgehead atoms. The Morgan fingerprint density at radius 2 is 2.10 bits per heavy atom. The van der Waals surface area contributed by atoms with E-state index in [0.29, 0.717) is 17.0 Å². The van der Waals surface area contributed by atoms with Crippen LogP contribution in [0.5, 0.6) is 5.75 Å². The molecule has 0 aliphatic heterocycles. The number of carbonyl (C=O) groups excluding carboxylic acids is 1. The van der Waals surface area contributed by atoms with Gasteiger partial charge in [0.05, 0.1) is 18.5 Å². The quantitative estimate of drug-likeness (QED) is 0.684. The van der Waals surface area contributed by atoms with Crippen molar-refractivity contribution in [3.05, 3.63) is 59.9 Å². The second-order valence-corrected chi connectivity index (χ2v) is 4.09. The number of hydrazone groups is 1. The molecule has 0 saturated heterocycles. The van der Waals surface area contributed by atoms with Crippen LogP contribution in [-0.2, 0) is 0 Å². The molecule has 0 radical (unpaired) electrons. The van der Waals surface area contributed by atoms with Gasteiger partial charge in [-0.05, 0) is 37.3 Å². The van der Waals surface area contributed by atoms with Gasteiger partial charge >= 0.3 is 0 Å². The molecule has 2 aromatic rings. The van der Waals surface area contributed by atoms with E-state index in [1.165, 1.54) is 0 Å². The lowest BCUT2D eigenvalue weighted by molar-refractivity contribution is 0.0954. The molecule has 102 valence electrons. The van der Waals surface area contributed by atoms with Crippen molar-refractivity contribution in [3.8, 4) is 5.75 Å². The molecule has 1 aromatic carbocycles. The van der Waals surface area contributed by atoms with Crippen LogP contribution in [0.4, 0.5) is 0 Å². The molecule has 20 heavy (non-hydrogen) atoms. The molecule has 1 heterocycles. The second kappa shape index (κ2) is 6.47. The first kappa shape index (κ1) is 13.7. The van der Waals surface area contributed by atoms with E-state index in [4.69, 9.17) is 4.74 Å². The number of pyridine rings is 1. The van der Waals surface area contributed by atoms with Crippen molar-refractivity contribution in [1.29, 1.82) is 0 Å². The number of methoxy groups -OCH3 is 1. The van der Waals surface area contributed by atoms with Crippen molar-refractivity contribution in [2.24, 2.45) is 5.10 Å². The summed E-state index contributed by atoms with van der Waals surface area (Å²) >= 11 is 0. The fraction of sp³-hybridized carbons (Fsp3) is 0.133. The molecule has 0 spiro atoms. The lowest BCUT2D eigenvalue weighted by Crippen LogP contribution is -2.19. The Bertz CT molecular complexity index is 624. The van der Waals surface area contributed by atoms with Crippen LogP contribution in [-0.4, -0.2) is 23.7 Å². The molecule has 1 aromatic heterocycles. The molecule has 0 atom stereocenters. The number of rotatable bonds is 4. The summed E-state index contributed by atoms with van der Waals surface area (Å²) in [5.41, 5.74) is 4.35. The predicted molar refractivity (Wildman–Crippen MR) is 76.9 cm³/mol. The minimum absolute atomic E-state index is 0.292. The van der Waals surface area contributed by atoms with Gasteiger partial charge in [-0.1, -0.05) is 12.1 Å². The smallest absolute Gasteiger partial charge is 0.271 e. The van der Waals surface area contributed by atoms with Gasteiger partial charge in [0.1, 0.15) is 5.75 Å². The number of hydrogen-bond donors (Lipinski definition) is 1. The number of carbonyl (C=O) groups is 1. The number of benzene rings is 1. The standard InChI is InChI=1S/C15H15N3O2/c1-11(14-8-3-4-9-16-14)17-18-15(19)12-6-5-7-13(10-12)20-2/h3-10H,1-2H3,(H,18,19)/b17-11-. The number of nitrogens with one attached hydrogen (secondary N) is 1. The molecular formula is C15H15N3O2. The third-order valence-corrected chi connectivity index (χ3v) is 2.69. The van der Waals surface area contributed by atoms with Crippen LogP contribution >= 0.6 is 0 Å². The van der Waals surface area contributed by atoms with Gasteiger partial charge in [0.2, 0.25) is 0 Å². The Hall–Kier alpha value is -2.69. The van der Waals surface area contributed by atoms with Crippen LogP contribution in [0.3, 0.4) is 0 Å². The summed E-state index contributed by atoms with van der Waals surface area (Å²) in [6, 6.07) is 12.4. The molecule has 1 amide bonds. The third-order valence-electron chi connectivity index (χ3n) is 2.69. The van der Waals surface area contributed by atoms with E-state index >= 15 is 0 Å². The topological polar surface area (TPSA) is 63.6 Å². The summed E-state index contributed by atoms with van der Waals surface area (Å²) in [7, 11) is 1.56. The number of ether oxygens (including phenoxy) is 1. The Morgan fingerprint density at radius 3 is 2.80 bits per heavy atom. The van der Waals surface area contributed by atoms with Crippen LogP contribution in [0.1, 0.15) is 23.0 Å². The van der Waals surface area contributed by atoms with Crippen LogP contribution in [0.2, 0.25) is 0 Å². The summed E-state index contributed by atoms with van der Waals surface area (Å²) in [6.07, 6.45) is 1.68. The molecular weight excluding hydrogens is 254 g/mol. The Labute approximate surface area is 117 Å². The number of nitrogens with zero attached hydrogens (tertiary/aromatic N) is 2. The van der Waals surface area contributed by atoms with Crippen molar-refractivity contribution in [1.82, 2.24) is 10.4 Å². The fourth-order valence-electron chi connectivity index (χ4n) is 1.60. The van der Waals surface area contributed by atoms with Crippen LogP contribution < -0.4 is 10.2 Å². The highest BCUT2D eigenvalue weighted by atomic mass is 16.5. The summed E-state index contributed by atoms with van der Waals surface area (Å²) < 4.78 is 5.07. The highest BCUT2D eigenvalue weighted by Crippen LogP contribution is 2.12. The van der Waals surface area contributed by atoms with E-state index in [1.54, 1.807) is 44.5 Å². The van der Waals surface area contributed by atoms with Crippen molar-refractivity contribution < 1.29 is 9.53 Å². The maximum Gasteiger partial charge on any atom is 0.271 e. The SMILES string of the molecule is COc1cccc(C(=O)N/N=C(/C)c2ccccn2)c1. The molecule has 5 heteroatoms. The molecule has 0 unspecified atom stereocenters. The van der Waals surface area contributed by atoms with Gasteiger partial charge in [0.15, 0.2) is 0 Å². The molecule has 1 N–H and O–H groups in total. The Kier molecular flexibility index (Phi) is 4.44. The molecule has 0 fully saturated rings. The summed E-state index contributed by atoms with van der Waals surface area (Å²) in [4.78, 5) is 16.1. The first-order valence-electron chi connectivity index (χ1n) is 6.11. The normalized spacial score (nSPS) is 11.0. The van der Waals surface area contributed by atoms with Crippen molar-refractivity contribution in [2.45, 2.75) is 6.92 Å². The number of hydrogen-bond acceptors (Lipinski definition) is 4. The van der Waals surface area contributed by atoms with E-state index < -0.39 is 0 Å². The van der Waals surface area contributed by atoms with Crippen LogP contribution in [0.25, 0.3) is 0 Å². The molecule has 0 aliphatic carbocycles. The highest BCUT2D eigenvalue weighted by molar-refractivity contribution is 5.99. The van der Waals surface area contributed by atoms with Crippen molar-refractivity contribution in [2.75, 3.05) is 7.11 Å². The van der Waals surface area contributed by atoms with Crippen LogP contribution in [0, 0.1) is 0 Å². The summed E-state index contributed by atoms with van der Waals surface area (Å²) in [5, 5.41) is 4.04. The average Bonchev–Trinajstić information content (AvgIpc) is 2.53. The van der Waals surface area contributed by atoms with Crippen molar-refractivity contribution >= 4 is 11.6 Å². The van der Waals surface area contributed by atoms with E-state index in [9.17, 15) is 4.79 Å². The zero-order chi connectivity index (χ0) is 14.4. The second-order valence-electron chi connectivity index (χ2n) is 4.09. The zero-order valence-electron chi connectivity index (χ0n) is 11.3. The van der Waals surface area contributed by atoms with Gasteiger partial charge < -0.3 is 4.74 Å². The van der Waals surface area contributed by atoms with Gasteiger partial charge in [-0.25, -0.2) is 5.43 Å². The van der Waals surface area contributed by atoms with E-state index in [2.05, 4.69) is 15.5 Å². The first-order chi connectivity index (χ1) is 9.70. The maximum atomic E-state index is 12.0. The summed E-state index contributed by atoms with van der Waals surface area (Å²) in [5.74, 6) is 0.335. The van der Waals surface area contributed by atoms with Gasteiger partial charge in [0, 0.05) is 11.8 Å². The Balaban J connectivity index is 2.08. The largest absolute Gasteiger partial charge is 0.497 e. The number of amides is 1. The predicted octanol–water partition coefficient (Wildman–Crippen LogP) is 2.24. The number of aromatic nitrogens is 1.